The van der Waals surface area contributed by atoms with Crippen LogP contribution in [0.3, 0.4) is 0 Å². The highest BCUT2D eigenvalue weighted by Gasteiger charge is 2.19. The van der Waals surface area contributed by atoms with Gasteiger partial charge in [-0.15, -0.1) is 10.2 Å². The van der Waals surface area contributed by atoms with Crippen molar-refractivity contribution >= 4 is 34.8 Å². The zero-order valence-corrected chi connectivity index (χ0v) is 10.3. The van der Waals surface area contributed by atoms with Crippen molar-refractivity contribution in [1.82, 2.24) is 15.1 Å². The van der Waals surface area contributed by atoms with E-state index in [4.69, 9.17) is 16.3 Å². The maximum Gasteiger partial charge on any atom is 0.325 e. The summed E-state index contributed by atoms with van der Waals surface area (Å²) in [5.74, 6) is -0.869. The van der Waals surface area contributed by atoms with Gasteiger partial charge >= 0.3 is 5.97 Å². The number of hydrogen-bond donors (Lipinski definition) is 0. The molecule has 1 heterocycles. The number of amides is 1. The van der Waals surface area contributed by atoms with Crippen LogP contribution in [-0.4, -0.2) is 47.2 Å². The first-order chi connectivity index (χ1) is 7.54. The molecule has 1 aromatic heterocycles. The fourth-order valence-corrected chi connectivity index (χ4v) is 1.75. The van der Waals surface area contributed by atoms with Crippen LogP contribution in [-0.2, 0) is 9.53 Å². The van der Waals surface area contributed by atoms with Crippen molar-refractivity contribution in [2.45, 2.75) is 6.92 Å². The lowest BCUT2D eigenvalue weighted by Crippen LogP contribution is -2.33. The summed E-state index contributed by atoms with van der Waals surface area (Å²) in [6.45, 7) is 1.86. The lowest BCUT2D eigenvalue weighted by molar-refractivity contribution is -0.143. The molecule has 0 N–H and O–H groups in total. The van der Waals surface area contributed by atoms with Crippen LogP contribution in [0, 0.1) is 0 Å². The average molecular weight is 264 g/mol. The van der Waals surface area contributed by atoms with E-state index >= 15 is 0 Å². The van der Waals surface area contributed by atoms with Gasteiger partial charge in [-0.25, -0.2) is 0 Å². The van der Waals surface area contributed by atoms with Crippen LogP contribution in [0.2, 0.25) is 4.47 Å². The molecule has 0 bridgehead atoms. The third-order valence-electron chi connectivity index (χ3n) is 1.60. The minimum absolute atomic E-state index is 0.121. The van der Waals surface area contributed by atoms with E-state index in [2.05, 4.69) is 10.2 Å². The molecule has 0 spiro atoms. The lowest BCUT2D eigenvalue weighted by Gasteiger charge is -2.13. The predicted molar refractivity (Wildman–Crippen MR) is 58.5 cm³/mol. The van der Waals surface area contributed by atoms with Crippen LogP contribution in [0.25, 0.3) is 0 Å². The Bertz CT molecular complexity index is 396. The topological polar surface area (TPSA) is 72.4 Å². The number of esters is 1. The molecule has 0 aliphatic rings. The Kier molecular flexibility index (Phi) is 4.63. The van der Waals surface area contributed by atoms with E-state index in [1.807, 2.05) is 0 Å². The summed E-state index contributed by atoms with van der Waals surface area (Å²) in [6.07, 6.45) is 0. The normalized spacial score (nSPS) is 9.94. The van der Waals surface area contributed by atoms with Gasteiger partial charge in [0.2, 0.25) is 9.47 Å². The number of ether oxygens (including phenoxy) is 1. The third-order valence-corrected chi connectivity index (χ3v) is 2.61. The van der Waals surface area contributed by atoms with Gasteiger partial charge in [-0.05, 0) is 18.5 Å². The van der Waals surface area contributed by atoms with Crippen molar-refractivity contribution < 1.29 is 14.3 Å². The van der Waals surface area contributed by atoms with E-state index in [0.29, 0.717) is 0 Å². The van der Waals surface area contributed by atoms with E-state index in [0.717, 1.165) is 11.3 Å². The summed E-state index contributed by atoms with van der Waals surface area (Å²) < 4.78 is 4.90. The highest BCUT2D eigenvalue weighted by molar-refractivity contribution is 7.17. The molecular formula is C8H10ClN3O3S. The Morgan fingerprint density at radius 2 is 2.19 bits per heavy atom. The fraction of sp³-hybridized carbons (Fsp3) is 0.500. The summed E-state index contributed by atoms with van der Waals surface area (Å²) in [6, 6.07) is 0. The van der Waals surface area contributed by atoms with Crippen LogP contribution in [0.1, 0.15) is 16.7 Å². The molecule has 88 valence electrons. The van der Waals surface area contributed by atoms with Gasteiger partial charge in [-0.1, -0.05) is 11.3 Å². The Morgan fingerprint density at radius 3 is 2.69 bits per heavy atom. The molecule has 0 saturated carbocycles. The van der Waals surface area contributed by atoms with Crippen molar-refractivity contribution in [3.05, 3.63) is 9.47 Å². The molecule has 0 saturated heterocycles. The Balaban J connectivity index is 2.57. The fourth-order valence-electron chi connectivity index (χ4n) is 0.927. The molecule has 1 aromatic rings. The molecule has 0 aliphatic carbocycles. The molecule has 16 heavy (non-hydrogen) atoms. The second kappa shape index (κ2) is 5.76. The predicted octanol–water partition coefficient (Wildman–Crippen LogP) is 0.827. The SMILES string of the molecule is CCOC(=O)CN(C)C(=O)c1nnc(Cl)s1. The minimum Gasteiger partial charge on any atom is -0.465 e. The number of aromatic nitrogens is 2. The van der Waals surface area contributed by atoms with E-state index < -0.39 is 11.9 Å². The minimum atomic E-state index is -0.464. The first-order valence-electron chi connectivity index (χ1n) is 4.44. The number of nitrogens with zero attached hydrogens (tertiary/aromatic N) is 3. The lowest BCUT2D eigenvalue weighted by atomic mass is 10.5. The number of carbonyl (C=O) groups is 2. The highest BCUT2D eigenvalue weighted by Crippen LogP contribution is 2.15. The smallest absolute Gasteiger partial charge is 0.325 e. The maximum absolute atomic E-state index is 11.7. The molecule has 8 heteroatoms. The number of likely N-dealkylation sites (N-methyl/N-ethyl adjacent to an activating group) is 1. The highest BCUT2D eigenvalue weighted by atomic mass is 35.5. The van der Waals surface area contributed by atoms with Crippen LogP contribution < -0.4 is 0 Å². The first kappa shape index (κ1) is 12.9. The quantitative estimate of drug-likeness (QED) is 0.753. The summed E-state index contributed by atoms with van der Waals surface area (Å²) in [4.78, 5) is 24.0. The first-order valence-corrected chi connectivity index (χ1v) is 5.64. The van der Waals surface area contributed by atoms with Crippen molar-refractivity contribution in [1.29, 1.82) is 0 Å². The zero-order valence-electron chi connectivity index (χ0n) is 8.77. The molecule has 0 fully saturated rings. The van der Waals surface area contributed by atoms with Crippen molar-refractivity contribution in [2.24, 2.45) is 0 Å². The molecule has 0 unspecified atom stereocenters. The van der Waals surface area contributed by atoms with Crippen molar-refractivity contribution in [3.63, 3.8) is 0 Å². The van der Waals surface area contributed by atoms with E-state index in [1.165, 1.54) is 11.9 Å². The Hall–Kier alpha value is -1.21. The van der Waals surface area contributed by atoms with Gasteiger partial charge in [0.05, 0.1) is 6.61 Å². The number of hydrogen-bond acceptors (Lipinski definition) is 6. The maximum atomic E-state index is 11.7. The molecule has 0 radical (unpaired) electrons. The average Bonchev–Trinajstić information content (AvgIpc) is 2.64. The van der Waals surface area contributed by atoms with E-state index in [-0.39, 0.29) is 22.6 Å². The summed E-state index contributed by atoms with van der Waals surface area (Å²) in [7, 11) is 1.48. The second-order valence-corrected chi connectivity index (χ2v) is 4.39. The number of carbonyl (C=O) groups excluding carboxylic acids is 2. The molecule has 0 aromatic carbocycles. The molecule has 1 amide bonds. The van der Waals surface area contributed by atoms with Gasteiger partial charge in [0.15, 0.2) is 0 Å². The van der Waals surface area contributed by atoms with Crippen molar-refractivity contribution in [2.75, 3.05) is 20.2 Å². The van der Waals surface area contributed by atoms with Gasteiger partial charge in [0.1, 0.15) is 6.54 Å². The van der Waals surface area contributed by atoms with Crippen LogP contribution in [0.4, 0.5) is 0 Å². The van der Waals surface area contributed by atoms with Gasteiger partial charge in [0, 0.05) is 7.05 Å². The van der Waals surface area contributed by atoms with Gasteiger partial charge in [-0.2, -0.15) is 0 Å². The van der Waals surface area contributed by atoms with Crippen LogP contribution in [0.15, 0.2) is 0 Å². The van der Waals surface area contributed by atoms with Crippen LogP contribution >= 0.6 is 22.9 Å². The summed E-state index contributed by atoms with van der Waals surface area (Å²) in [5.41, 5.74) is 0. The van der Waals surface area contributed by atoms with E-state index in [9.17, 15) is 9.59 Å². The van der Waals surface area contributed by atoms with Gasteiger partial charge < -0.3 is 9.64 Å². The molecule has 6 nitrogen and oxygen atoms in total. The third kappa shape index (κ3) is 3.42. The largest absolute Gasteiger partial charge is 0.465 e. The summed E-state index contributed by atoms with van der Waals surface area (Å²) in [5, 5.41) is 7.24. The van der Waals surface area contributed by atoms with E-state index in [1.54, 1.807) is 6.92 Å². The van der Waals surface area contributed by atoms with Crippen molar-refractivity contribution in [3.8, 4) is 0 Å². The monoisotopic (exact) mass is 263 g/mol. The second-order valence-electron chi connectivity index (χ2n) is 2.83. The number of rotatable bonds is 4. The molecule has 0 atom stereocenters. The Morgan fingerprint density at radius 1 is 1.50 bits per heavy atom. The van der Waals surface area contributed by atoms with Gasteiger partial charge in [-0.3, -0.25) is 9.59 Å². The molecule has 0 aliphatic heterocycles. The van der Waals surface area contributed by atoms with Gasteiger partial charge in [0.25, 0.3) is 5.91 Å². The van der Waals surface area contributed by atoms with Crippen LogP contribution in [0.5, 0.6) is 0 Å². The Labute approximate surface area is 101 Å². The summed E-state index contributed by atoms with van der Waals surface area (Å²) >= 11 is 6.51. The molecular weight excluding hydrogens is 254 g/mol. The number of halogens is 1. The standard InChI is InChI=1S/C8H10ClN3O3S/c1-3-15-5(13)4-12(2)7(14)6-10-11-8(9)16-6/h3-4H2,1-2H3. The zero-order chi connectivity index (χ0) is 12.1. The molecule has 1 rings (SSSR count).